The second kappa shape index (κ2) is 9.68. The number of hydrogen-bond acceptors (Lipinski definition) is 5. The number of nitrogens with zero attached hydrogens (tertiary/aromatic N) is 4. The van der Waals surface area contributed by atoms with Gasteiger partial charge in [0.25, 0.3) is 0 Å². The number of aromatic nitrogens is 3. The lowest BCUT2D eigenvalue weighted by Crippen LogP contribution is -2.11. The van der Waals surface area contributed by atoms with Crippen LogP contribution in [0.1, 0.15) is 5.82 Å². The van der Waals surface area contributed by atoms with Gasteiger partial charge < -0.3 is 14.9 Å². The zero-order valence-corrected chi connectivity index (χ0v) is 20.5. The first-order valence-corrected chi connectivity index (χ1v) is 11.8. The van der Waals surface area contributed by atoms with E-state index < -0.39 is 4.92 Å². The van der Waals surface area contributed by atoms with Gasteiger partial charge in [0.1, 0.15) is 25.1 Å². The third-order valence-corrected chi connectivity index (χ3v) is 6.28. The van der Waals surface area contributed by atoms with Crippen molar-refractivity contribution in [2.24, 2.45) is 0 Å². The predicted molar refractivity (Wildman–Crippen MR) is 139 cm³/mol. The van der Waals surface area contributed by atoms with Crippen LogP contribution < -0.4 is 4.74 Å². The van der Waals surface area contributed by atoms with Crippen LogP contribution in [0.3, 0.4) is 0 Å². The number of pyridine rings is 1. The van der Waals surface area contributed by atoms with Crippen molar-refractivity contribution in [3.8, 4) is 28.1 Å². The molecule has 0 unspecified atom stereocenters. The minimum absolute atomic E-state index is 0.0414. The fourth-order valence-corrected chi connectivity index (χ4v) is 4.44. The van der Waals surface area contributed by atoms with E-state index in [1.807, 2.05) is 54.6 Å². The summed E-state index contributed by atoms with van der Waals surface area (Å²) in [6, 6.07) is 26.2. The molecule has 0 saturated carbocycles. The molecular weight excluding hydrogens is 508 g/mol. The van der Waals surface area contributed by atoms with E-state index >= 15 is 0 Å². The fraction of sp³-hybridized carbons (Fsp3) is 0.111. The Balaban J connectivity index is 1.45. The van der Waals surface area contributed by atoms with Gasteiger partial charge in [0.15, 0.2) is 5.82 Å². The maximum atomic E-state index is 11.2. The molecular formula is C27H21BrN4O3. The molecule has 3 aromatic carbocycles. The molecule has 0 aliphatic heterocycles. The average molecular weight is 529 g/mol. The standard InChI is InChI=1S/C27H21BrN4O3/c1-18-29-17-27(32(33)34)31(18)12-13-35-22-9-5-8-20(14-22)26-16-23(19-6-3-2-4-7-19)24-15-21(28)10-11-25(24)30-26/h2-11,14-17H,12-13H2,1H3. The van der Waals surface area contributed by atoms with Crippen LogP contribution in [0.4, 0.5) is 5.82 Å². The van der Waals surface area contributed by atoms with Crippen LogP contribution in [0, 0.1) is 17.0 Å². The monoisotopic (exact) mass is 528 g/mol. The maximum absolute atomic E-state index is 11.2. The van der Waals surface area contributed by atoms with Crippen molar-refractivity contribution < 1.29 is 9.66 Å². The largest absolute Gasteiger partial charge is 0.489 e. The van der Waals surface area contributed by atoms with Crippen molar-refractivity contribution in [3.63, 3.8) is 0 Å². The van der Waals surface area contributed by atoms with E-state index in [9.17, 15) is 10.1 Å². The van der Waals surface area contributed by atoms with E-state index in [0.29, 0.717) is 18.1 Å². The van der Waals surface area contributed by atoms with E-state index in [4.69, 9.17) is 9.72 Å². The van der Waals surface area contributed by atoms with E-state index in [2.05, 4.69) is 45.2 Å². The summed E-state index contributed by atoms with van der Waals surface area (Å²) in [5, 5.41) is 12.3. The molecule has 0 spiro atoms. The molecule has 0 amide bonds. The first-order chi connectivity index (χ1) is 17.0. The summed E-state index contributed by atoms with van der Waals surface area (Å²) < 4.78 is 8.49. The molecule has 0 aliphatic carbocycles. The normalized spacial score (nSPS) is 11.0. The Kier molecular flexibility index (Phi) is 6.29. The Bertz CT molecular complexity index is 1530. The highest BCUT2D eigenvalue weighted by Gasteiger charge is 2.17. The zero-order valence-electron chi connectivity index (χ0n) is 18.9. The van der Waals surface area contributed by atoms with Gasteiger partial charge in [0, 0.05) is 22.3 Å². The Labute approximate surface area is 210 Å². The molecule has 5 rings (SSSR count). The number of imidazole rings is 1. The van der Waals surface area contributed by atoms with Crippen LogP contribution in [0.5, 0.6) is 5.75 Å². The molecule has 0 atom stereocenters. The number of hydrogen-bond donors (Lipinski definition) is 0. The van der Waals surface area contributed by atoms with Crippen LogP contribution >= 0.6 is 15.9 Å². The number of halogens is 1. The lowest BCUT2D eigenvalue weighted by Gasteiger charge is -2.12. The van der Waals surface area contributed by atoms with Gasteiger partial charge in [0.05, 0.1) is 11.2 Å². The van der Waals surface area contributed by atoms with E-state index in [-0.39, 0.29) is 12.4 Å². The summed E-state index contributed by atoms with van der Waals surface area (Å²) in [5.74, 6) is 1.21. The first kappa shape index (κ1) is 22.7. The molecule has 7 nitrogen and oxygen atoms in total. The van der Waals surface area contributed by atoms with Crippen molar-refractivity contribution in [3.05, 3.63) is 105 Å². The van der Waals surface area contributed by atoms with Gasteiger partial charge in [-0.15, -0.1) is 0 Å². The van der Waals surface area contributed by atoms with Gasteiger partial charge in [0.2, 0.25) is 0 Å². The SMILES string of the molecule is Cc1ncc([N+](=O)[O-])n1CCOc1cccc(-c2cc(-c3ccccc3)c3cc(Br)ccc3n2)c1. The van der Waals surface area contributed by atoms with Gasteiger partial charge in [-0.3, -0.25) is 0 Å². The average Bonchev–Trinajstić information content (AvgIpc) is 3.24. The third kappa shape index (κ3) is 4.79. The lowest BCUT2D eigenvalue weighted by molar-refractivity contribution is -0.392. The summed E-state index contributed by atoms with van der Waals surface area (Å²) in [6.07, 6.45) is 1.27. The zero-order chi connectivity index (χ0) is 24.4. The Morgan fingerprint density at radius 1 is 1.00 bits per heavy atom. The fourth-order valence-electron chi connectivity index (χ4n) is 4.08. The van der Waals surface area contributed by atoms with Gasteiger partial charge >= 0.3 is 5.82 Å². The lowest BCUT2D eigenvalue weighted by atomic mass is 9.98. The summed E-state index contributed by atoms with van der Waals surface area (Å²) in [5.41, 5.74) is 4.88. The predicted octanol–water partition coefficient (Wildman–Crippen LogP) is 6.82. The van der Waals surface area contributed by atoms with Crippen LogP contribution in [-0.2, 0) is 6.54 Å². The molecule has 0 fully saturated rings. The van der Waals surface area contributed by atoms with Crippen LogP contribution in [0.15, 0.2) is 89.5 Å². The second-order valence-electron chi connectivity index (χ2n) is 8.03. The summed E-state index contributed by atoms with van der Waals surface area (Å²) in [4.78, 5) is 19.7. The molecule has 0 N–H and O–H groups in total. The minimum Gasteiger partial charge on any atom is -0.489 e. The van der Waals surface area contributed by atoms with Gasteiger partial charge in [-0.1, -0.05) is 58.4 Å². The number of aryl methyl sites for hydroxylation is 1. The molecule has 0 bridgehead atoms. The maximum Gasteiger partial charge on any atom is 0.342 e. The number of benzene rings is 3. The number of rotatable bonds is 7. The van der Waals surface area contributed by atoms with Crippen LogP contribution in [0.2, 0.25) is 0 Å². The van der Waals surface area contributed by atoms with Crippen LogP contribution in [0.25, 0.3) is 33.3 Å². The molecule has 2 aromatic heterocycles. The molecule has 2 heterocycles. The number of fused-ring (bicyclic) bond motifs is 1. The Hall–Kier alpha value is -4.04. The molecule has 0 radical (unpaired) electrons. The van der Waals surface area contributed by atoms with Crippen molar-refractivity contribution in [2.75, 3.05) is 6.61 Å². The van der Waals surface area contributed by atoms with Gasteiger partial charge in [-0.05, 0) is 52.4 Å². The molecule has 174 valence electrons. The number of ether oxygens (including phenoxy) is 1. The highest BCUT2D eigenvalue weighted by molar-refractivity contribution is 9.10. The summed E-state index contributed by atoms with van der Waals surface area (Å²) in [7, 11) is 0. The Morgan fingerprint density at radius 2 is 1.80 bits per heavy atom. The smallest absolute Gasteiger partial charge is 0.342 e. The molecule has 0 aliphatic rings. The van der Waals surface area contributed by atoms with Crippen molar-refractivity contribution in [2.45, 2.75) is 13.5 Å². The van der Waals surface area contributed by atoms with E-state index in [1.54, 1.807) is 11.5 Å². The Morgan fingerprint density at radius 3 is 2.60 bits per heavy atom. The molecule has 8 heteroatoms. The van der Waals surface area contributed by atoms with E-state index in [1.165, 1.54) is 6.20 Å². The quantitative estimate of drug-likeness (QED) is 0.171. The van der Waals surface area contributed by atoms with Gasteiger partial charge in [-0.25, -0.2) is 14.5 Å². The highest BCUT2D eigenvalue weighted by Crippen LogP contribution is 2.34. The topological polar surface area (TPSA) is 83.1 Å². The molecule has 5 aromatic rings. The highest BCUT2D eigenvalue weighted by atomic mass is 79.9. The first-order valence-electron chi connectivity index (χ1n) is 11.0. The molecule has 0 saturated heterocycles. The summed E-state index contributed by atoms with van der Waals surface area (Å²) >= 11 is 3.58. The van der Waals surface area contributed by atoms with Gasteiger partial charge in [-0.2, -0.15) is 0 Å². The van der Waals surface area contributed by atoms with Crippen molar-refractivity contribution in [1.29, 1.82) is 0 Å². The van der Waals surface area contributed by atoms with Crippen LogP contribution in [-0.4, -0.2) is 26.1 Å². The molecule has 35 heavy (non-hydrogen) atoms. The third-order valence-electron chi connectivity index (χ3n) is 5.79. The van der Waals surface area contributed by atoms with E-state index in [0.717, 1.165) is 37.8 Å². The minimum atomic E-state index is -0.436. The van der Waals surface area contributed by atoms with Crippen molar-refractivity contribution in [1.82, 2.24) is 14.5 Å². The summed E-state index contributed by atoms with van der Waals surface area (Å²) in [6.45, 7) is 2.34. The number of nitro groups is 1. The van der Waals surface area contributed by atoms with Crippen molar-refractivity contribution >= 4 is 32.7 Å². The second-order valence-corrected chi connectivity index (χ2v) is 8.95.